The lowest BCUT2D eigenvalue weighted by molar-refractivity contribution is -0.00231. The fourth-order valence-corrected chi connectivity index (χ4v) is 4.73. The van der Waals surface area contributed by atoms with Crippen molar-refractivity contribution in [3.63, 3.8) is 0 Å². The van der Waals surface area contributed by atoms with Crippen LogP contribution in [0, 0.1) is 0 Å². The van der Waals surface area contributed by atoms with Gasteiger partial charge in [0, 0.05) is 26.2 Å². The van der Waals surface area contributed by atoms with E-state index in [-0.39, 0.29) is 13.5 Å². The van der Waals surface area contributed by atoms with Gasteiger partial charge in [-0.15, -0.1) is 0 Å². The monoisotopic (exact) mass is 657 g/mol. The molecule has 0 aliphatic heterocycles. The first kappa shape index (κ1) is 35.4. The molecule has 0 saturated heterocycles. The van der Waals surface area contributed by atoms with E-state index in [0.29, 0.717) is 26.2 Å². The molecule has 0 unspecified atom stereocenters. The van der Waals surface area contributed by atoms with Crippen LogP contribution in [0.15, 0.2) is 97.1 Å². The molecule has 2 amide bonds. The van der Waals surface area contributed by atoms with E-state index in [2.05, 4.69) is 0 Å². The van der Waals surface area contributed by atoms with Gasteiger partial charge in [0.2, 0.25) is 0 Å². The molecule has 0 fully saturated rings. The maximum Gasteiger partial charge on any atom is 0.411 e. The summed E-state index contributed by atoms with van der Waals surface area (Å²) in [6, 6.07) is 30.0. The van der Waals surface area contributed by atoms with Gasteiger partial charge in [-0.1, -0.05) is 48.5 Å². The minimum Gasteiger partial charge on any atom is -0.497 e. The van der Waals surface area contributed by atoms with Crippen molar-refractivity contribution in [2.24, 2.45) is 0 Å². The van der Waals surface area contributed by atoms with E-state index in [9.17, 15) is 9.59 Å². The Morgan fingerprint density at radius 2 is 0.667 bits per heavy atom. The number of rotatable bonds is 16. The van der Waals surface area contributed by atoms with Crippen molar-refractivity contribution in [1.29, 1.82) is 0 Å². The number of hydrogen-bond acceptors (Lipinski definition) is 9. The average Bonchev–Trinajstić information content (AvgIpc) is 3.13. The Kier molecular flexibility index (Phi) is 13.3. The molecule has 0 spiro atoms. The highest BCUT2D eigenvalue weighted by Crippen LogP contribution is 2.20. The molecule has 0 heterocycles. The first-order chi connectivity index (χ1) is 23.3. The maximum atomic E-state index is 13.3. The van der Waals surface area contributed by atoms with Crippen LogP contribution in [0.25, 0.3) is 0 Å². The number of nitrogens with zero attached hydrogens (tertiary/aromatic N) is 3. The quantitative estimate of drug-likeness (QED) is 0.124. The SMILES string of the molecule is COc1ccc(CN(Cc2ccc(OC)cc2)C(=O)OCN(C)COC(=O)N(Cc2ccc(OC)cc2)Cc2ccc(OC)cc2)cc1. The summed E-state index contributed by atoms with van der Waals surface area (Å²) in [6.45, 7) is 1.09. The summed E-state index contributed by atoms with van der Waals surface area (Å²) in [5.41, 5.74) is 3.66. The molecular formula is C37H43N3O8. The van der Waals surface area contributed by atoms with Gasteiger partial charge in [0.25, 0.3) is 0 Å². The Labute approximate surface area is 282 Å². The van der Waals surface area contributed by atoms with Gasteiger partial charge in [-0.25, -0.2) is 14.5 Å². The van der Waals surface area contributed by atoms with E-state index in [1.807, 2.05) is 97.1 Å². The highest BCUT2D eigenvalue weighted by Gasteiger charge is 2.20. The normalized spacial score (nSPS) is 10.6. The number of ether oxygens (including phenoxy) is 6. The number of hydrogen-bond donors (Lipinski definition) is 0. The minimum atomic E-state index is -0.513. The highest BCUT2D eigenvalue weighted by molar-refractivity contribution is 5.68. The van der Waals surface area contributed by atoms with Gasteiger partial charge in [0.15, 0.2) is 0 Å². The van der Waals surface area contributed by atoms with Gasteiger partial charge in [-0.3, -0.25) is 9.80 Å². The third-order valence-electron chi connectivity index (χ3n) is 7.46. The molecule has 0 radical (unpaired) electrons. The first-order valence-electron chi connectivity index (χ1n) is 15.3. The smallest absolute Gasteiger partial charge is 0.411 e. The lowest BCUT2D eigenvalue weighted by atomic mass is 10.1. The van der Waals surface area contributed by atoms with Crippen LogP contribution in [-0.2, 0) is 35.7 Å². The molecule has 254 valence electrons. The summed E-state index contributed by atoms with van der Waals surface area (Å²) >= 11 is 0. The highest BCUT2D eigenvalue weighted by atomic mass is 16.6. The molecule has 0 aliphatic rings. The van der Waals surface area contributed by atoms with E-state index in [1.165, 1.54) is 0 Å². The van der Waals surface area contributed by atoms with Gasteiger partial charge < -0.3 is 28.4 Å². The summed E-state index contributed by atoms with van der Waals surface area (Å²) in [7, 11) is 8.13. The Bertz CT molecular complexity index is 1340. The molecule has 4 aromatic rings. The third-order valence-corrected chi connectivity index (χ3v) is 7.46. The largest absolute Gasteiger partial charge is 0.497 e. The molecule has 0 bridgehead atoms. The average molecular weight is 658 g/mol. The fourth-order valence-electron chi connectivity index (χ4n) is 4.73. The van der Waals surface area contributed by atoms with Crippen molar-refractivity contribution in [2.45, 2.75) is 26.2 Å². The van der Waals surface area contributed by atoms with Crippen molar-refractivity contribution in [1.82, 2.24) is 14.7 Å². The Morgan fingerprint density at radius 1 is 0.438 bits per heavy atom. The van der Waals surface area contributed by atoms with Crippen molar-refractivity contribution in [3.05, 3.63) is 119 Å². The molecule has 0 aliphatic carbocycles. The number of carbonyl (C=O) groups excluding carboxylic acids is 2. The molecule has 11 nitrogen and oxygen atoms in total. The number of carbonyl (C=O) groups is 2. The molecule has 0 N–H and O–H groups in total. The van der Waals surface area contributed by atoms with E-state index in [0.717, 1.165) is 45.3 Å². The molecular weight excluding hydrogens is 614 g/mol. The molecule has 0 aromatic heterocycles. The van der Waals surface area contributed by atoms with Gasteiger partial charge in [-0.2, -0.15) is 0 Å². The van der Waals surface area contributed by atoms with Gasteiger partial charge in [0.05, 0.1) is 28.4 Å². The van der Waals surface area contributed by atoms with Gasteiger partial charge >= 0.3 is 12.2 Å². The van der Waals surface area contributed by atoms with Crippen LogP contribution < -0.4 is 18.9 Å². The number of benzene rings is 4. The number of amides is 2. The van der Waals surface area contributed by atoms with E-state index in [1.54, 1.807) is 50.2 Å². The first-order valence-corrected chi connectivity index (χ1v) is 15.3. The molecule has 0 saturated carbocycles. The third kappa shape index (κ3) is 10.8. The van der Waals surface area contributed by atoms with Gasteiger partial charge in [0.1, 0.15) is 36.5 Å². The second-order valence-electron chi connectivity index (χ2n) is 11.0. The minimum absolute atomic E-state index is 0.0925. The predicted molar refractivity (Wildman–Crippen MR) is 181 cm³/mol. The molecule has 0 atom stereocenters. The summed E-state index contributed by atoms with van der Waals surface area (Å²) in [4.78, 5) is 31.5. The Morgan fingerprint density at radius 3 is 0.875 bits per heavy atom. The molecule has 11 heteroatoms. The van der Waals surface area contributed by atoms with Crippen LogP contribution in [0.2, 0.25) is 0 Å². The molecule has 48 heavy (non-hydrogen) atoms. The fraction of sp³-hybridized carbons (Fsp3) is 0.297. The summed E-state index contributed by atoms with van der Waals surface area (Å²) in [6.07, 6.45) is -1.03. The van der Waals surface area contributed by atoms with Crippen LogP contribution in [0.1, 0.15) is 22.3 Å². The van der Waals surface area contributed by atoms with E-state index < -0.39 is 12.2 Å². The zero-order valence-corrected chi connectivity index (χ0v) is 28.1. The van der Waals surface area contributed by atoms with Crippen LogP contribution in [-0.4, -0.2) is 75.8 Å². The number of methoxy groups -OCH3 is 4. The van der Waals surface area contributed by atoms with Crippen LogP contribution in [0.4, 0.5) is 9.59 Å². The zero-order chi connectivity index (χ0) is 34.3. The van der Waals surface area contributed by atoms with E-state index >= 15 is 0 Å². The molecule has 4 rings (SSSR count). The summed E-state index contributed by atoms with van der Waals surface area (Å²) in [5.74, 6) is 2.91. The Hall–Kier alpha value is -5.42. The van der Waals surface area contributed by atoms with E-state index in [4.69, 9.17) is 28.4 Å². The van der Waals surface area contributed by atoms with Gasteiger partial charge in [-0.05, 0) is 77.8 Å². The summed E-state index contributed by atoms with van der Waals surface area (Å²) < 4.78 is 32.4. The summed E-state index contributed by atoms with van der Waals surface area (Å²) in [5, 5.41) is 0. The van der Waals surface area contributed by atoms with Crippen LogP contribution in [0.5, 0.6) is 23.0 Å². The van der Waals surface area contributed by atoms with Crippen molar-refractivity contribution in [2.75, 3.05) is 48.9 Å². The molecule has 4 aromatic carbocycles. The second kappa shape index (κ2) is 18.1. The topological polar surface area (TPSA) is 99.2 Å². The maximum absolute atomic E-state index is 13.3. The predicted octanol–water partition coefficient (Wildman–Crippen LogP) is 6.55. The Balaban J connectivity index is 1.37. The van der Waals surface area contributed by atoms with Crippen molar-refractivity contribution in [3.8, 4) is 23.0 Å². The van der Waals surface area contributed by atoms with Crippen LogP contribution in [0.3, 0.4) is 0 Å². The lowest BCUT2D eigenvalue weighted by Crippen LogP contribution is -2.37. The second-order valence-corrected chi connectivity index (χ2v) is 11.0. The zero-order valence-electron chi connectivity index (χ0n) is 28.1. The van der Waals surface area contributed by atoms with Crippen molar-refractivity contribution < 1.29 is 38.0 Å². The van der Waals surface area contributed by atoms with Crippen LogP contribution >= 0.6 is 0 Å². The van der Waals surface area contributed by atoms with Crippen molar-refractivity contribution >= 4 is 12.2 Å². The standard InChI is InChI=1S/C37H43N3O8/c1-38(26-47-36(41)39(22-28-6-14-32(43-2)15-7-28)23-29-8-16-33(44-3)17-9-29)27-48-37(42)40(24-30-10-18-34(45-4)19-11-30)25-31-12-20-35(46-5)21-13-31/h6-21H,22-27H2,1-5H3. The lowest BCUT2D eigenvalue weighted by Gasteiger charge is -2.26.